The minimum absolute atomic E-state index is 0.880. The van der Waals surface area contributed by atoms with Crippen LogP contribution in [0.4, 0.5) is 5.69 Å². The normalized spacial score (nSPS) is 16.7. The number of amidine groups is 1. The molecule has 4 heteroatoms. The Kier molecular flexibility index (Phi) is 4.25. The van der Waals surface area contributed by atoms with Crippen LogP contribution in [0.25, 0.3) is 0 Å². The molecule has 0 N–H and O–H groups in total. The van der Waals surface area contributed by atoms with E-state index in [4.69, 9.17) is 4.99 Å². The van der Waals surface area contributed by atoms with Gasteiger partial charge in [-0.3, -0.25) is 4.98 Å². The summed E-state index contributed by atoms with van der Waals surface area (Å²) in [6.07, 6.45) is 3.74. The highest BCUT2D eigenvalue weighted by atomic mass is 32.2. The van der Waals surface area contributed by atoms with Crippen LogP contribution in [0.5, 0.6) is 0 Å². The predicted octanol–water partition coefficient (Wildman–Crippen LogP) is 3.93. The fraction of sp³-hybridized carbons (Fsp3) is 0.294. The number of thioether (sulfide) groups is 1. The van der Waals surface area contributed by atoms with Crippen molar-refractivity contribution >= 4 is 22.6 Å². The fourth-order valence-electron chi connectivity index (χ4n) is 2.47. The molecule has 1 aromatic heterocycles. The van der Waals surface area contributed by atoms with Gasteiger partial charge < -0.3 is 4.90 Å². The summed E-state index contributed by atoms with van der Waals surface area (Å²) >= 11 is 1.84. The van der Waals surface area contributed by atoms with Crippen LogP contribution in [0.1, 0.15) is 16.7 Å². The lowest BCUT2D eigenvalue weighted by Crippen LogP contribution is -2.23. The number of rotatable bonds is 3. The predicted molar refractivity (Wildman–Crippen MR) is 90.1 cm³/mol. The van der Waals surface area contributed by atoms with Crippen molar-refractivity contribution in [3.63, 3.8) is 0 Å². The van der Waals surface area contributed by atoms with E-state index in [1.54, 1.807) is 0 Å². The van der Waals surface area contributed by atoms with Gasteiger partial charge in [0.15, 0.2) is 5.17 Å². The first-order valence-electron chi connectivity index (χ1n) is 7.15. The molecule has 2 heterocycles. The van der Waals surface area contributed by atoms with Crippen molar-refractivity contribution in [2.75, 3.05) is 12.3 Å². The summed E-state index contributed by atoms with van der Waals surface area (Å²) in [4.78, 5) is 11.5. The van der Waals surface area contributed by atoms with E-state index in [0.29, 0.717) is 0 Å². The molecule has 0 atom stereocenters. The average Bonchev–Trinajstić information content (AvgIpc) is 2.91. The highest BCUT2D eigenvalue weighted by Gasteiger charge is 2.20. The van der Waals surface area contributed by atoms with Crippen LogP contribution < -0.4 is 0 Å². The number of aryl methyl sites for hydroxylation is 2. The smallest absolute Gasteiger partial charge is 0.164 e. The van der Waals surface area contributed by atoms with E-state index in [1.807, 2.05) is 30.2 Å². The molecule has 21 heavy (non-hydrogen) atoms. The second-order valence-electron chi connectivity index (χ2n) is 5.27. The molecule has 108 valence electrons. The fourth-order valence-corrected chi connectivity index (χ4v) is 3.46. The maximum absolute atomic E-state index is 4.92. The molecule has 3 rings (SSSR count). The van der Waals surface area contributed by atoms with E-state index in [9.17, 15) is 0 Å². The summed E-state index contributed by atoms with van der Waals surface area (Å²) in [6.45, 7) is 6.17. The quantitative estimate of drug-likeness (QED) is 0.859. The van der Waals surface area contributed by atoms with Gasteiger partial charge in [0.25, 0.3) is 0 Å². The molecule has 0 saturated carbocycles. The number of hydrogen-bond acceptors (Lipinski definition) is 3. The number of para-hydroxylation sites is 1. The Morgan fingerprint density at radius 3 is 2.71 bits per heavy atom. The molecule has 0 unspecified atom stereocenters. The summed E-state index contributed by atoms with van der Waals surface area (Å²) in [5.74, 6) is 1.10. The summed E-state index contributed by atoms with van der Waals surface area (Å²) in [7, 11) is 0. The lowest BCUT2D eigenvalue weighted by molar-refractivity contribution is 0.456. The third-order valence-electron chi connectivity index (χ3n) is 3.61. The first-order chi connectivity index (χ1) is 10.2. The van der Waals surface area contributed by atoms with Crippen LogP contribution in [0.2, 0.25) is 0 Å². The third kappa shape index (κ3) is 3.27. The molecule has 3 nitrogen and oxygen atoms in total. The molecule has 0 bridgehead atoms. The average molecular weight is 297 g/mol. The molecular formula is C17H19N3S. The van der Waals surface area contributed by atoms with Gasteiger partial charge in [0.05, 0.1) is 5.69 Å². The van der Waals surface area contributed by atoms with Gasteiger partial charge in [-0.1, -0.05) is 36.0 Å². The second-order valence-corrected chi connectivity index (χ2v) is 6.33. The monoisotopic (exact) mass is 297 g/mol. The number of hydrogen-bond donors (Lipinski definition) is 0. The first kappa shape index (κ1) is 14.1. The van der Waals surface area contributed by atoms with Crippen molar-refractivity contribution in [1.29, 1.82) is 0 Å². The van der Waals surface area contributed by atoms with Crippen LogP contribution in [-0.2, 0) is 6.54 Å². The summed E-state index contributed by atoms with van der Waals surface area (Å²) in [6, 6.07) is 10.4. The summed E-state index contributed by atoms with van der Waals surface area (Å²) < 4.78 is 0. The number of aromatic nitrogens is 1. The molecule has 0 radical (unpaired) electrons. The van der Waals surface area contributed by atoms with Crippen molar-refractivity contribution in [2.45, 2.75) is 20.4 Å². The van der Waals surface area contributed by atoms with Crippen molar-refractivity contribution in [3.8, 4) is 0 Å². The van der Waals surface area contributed by atoms with Crippen molar-refractivity contribution < 1.29 is 0 Å². The minimum atomic E-state index is 0.880. The first-order valence-corrected chi connectivity index (χ1v) is 8.14. The maximum atomic E-state index is 4.92. The van der Waals surface area contributed by atoms with Crippen LogP contribution in [-0.4, -0.2) is 27.3 Å². The van der Waals surface area contributed by atoms with Gasteiger partial charge in [-0.15, -0.1) is 0 Å². The molecule has 0 aliphatic carbocycles. The minimum Gasteiger partial charge on any atom is -0.346 e. The van der Waals surface area contributed by atoms with Gasteiger partial charge in [0.1, 0.15) is 0 Å². The van der Waals surface area contributed by atoms with Gasteiger partial charge in [0.2, 0.25) is 0 Å². The van der Waals surface area contributed by atoms with Crippen LogP contribution in [0, 0.1) is 13.8 Å². The van der Waals surface area contributed by atoms with E-state index in [1.165, 1.54) is 16.7 Å². The molecule has 1 aromatic carbocycles. The van der Waals surface area contributed by atoms with E-state index in [2.05, 4.69) is 48.0 Å². The zero-order valence-electron chi connectivity index (χ0n) is 12.4. The Labute approximate surface area is 130 Å². The van der Waals surface area contributed by atoms with E-state index >= 15 is 0 Å². The van der Waals surface area contributed by atoms with Gasteiger partial charge >= 0.3 is 0 Å². The zero-order chi connectivity index (χ0) is 14.7. The molecule has 2 aromatic rings. The molecule has 1 aliphatic rings. The van der Waals surface area contributed by atoms with Gasteiger partial charge in [-0.2, -0.15) is 0 Å². The third-order valence-corrected chi connectivity index (χ3v) is 4.60. The zero-order valence-corrected chi connectivity index (χ0v) is 13.2. The number of benzene rings is 1. The Balaban J connectivity index is 1.85. The van der Waals surface area contributed by atoms with Crippen LogP contribution in [0.3, 0.4) is 0 Å². The van der Waals surface area contributed by atoms with Crippen LogP contribution >= 0.6 is 11.8 Å². The Bertz CT molecular complexity index is 632. The standard InChI is InChI=1S/C17H19N3S/c1-13-5-3-6-14(2)16(13)19-17-20(9-10-21-17)12-15-7-4-8-18-11-15/h3-8,11H,9-10,12H2,1-2H3. The highest BCUT2D eigenvalue weighted by Crippen LogP contribution is 2.28. The molecule has 1 aliphatic heterocycles. The molecular weight excluding hydrogens is 278 g/mol. The van der Waals surface area contributed by atoms with E-state index in [-0.39, 0.29) is 0 Å². The van der Waals surface area contributed by atoms with Crippen molar-refractivity contribution in [2.24, 2.45) is 4.99 Å². The molecule has 1 fully saturated rings. The number of pyridine rings is 1. The summed E-state index contributed by atoms with van der Waals surface area (Å²) in [5, 5.41) is 1.12. The molecule has 0 spiro atoms. The van der Waals surface area contributed by atoms with E-state index < -0.39 is 0 Å². The van der Waals surface area contributed by atoms with Crippen molar-refractivity contribution in [3.05, 3.63) is 59.4 Å². The highest BCUT2D eigenvalue weighted by molar-refractivity contribution is 8.14. The Morgan fingerprint density at radius 1 is 1.19 bits per heavy atom. The summed E-state index contributed by atoms with van der Waals surface area (Å²) in [5.41, 5.74) is 4.81. The number of aliphatic imine (C=N–C) groups is 1. The topological polar surface area (TPSA) is 28.5 Å². The Hall–Kier alpha value is -1.81. The van der Waals surface area contributed by atoms with Gasteiger partial charge in [-0.25, -0.2) is 4.99 Å². The lowest BCUT2D eigenvalue weighted by atomic mass is 10.1. The van der Waals surface area contributed by atoms with Gasteiger partial charge in [0, 0.05) is 31.2 Å². The van der Waals surface area contributed by atoms with Crippen molar-refractivity contribution in [1.82, 2.24) is 9.88 Å². The molecule has 0 amide bonds. The molecule has 1 saturated heterocycles. The Morgan fingerprint density at radius 2 is 2.00 bits per heavy atom. The SMILES string of the molecule is Cc1cccc(C)c1N=C1SCCN1Cc1cccnc1. The van der Waals surface area contributed by atoms with Crippen LogP contribution in [0.15, 0.2) is 47.7 Å². The lowest BCUT2D eigenvalue weighted by Gasteiger charge is -2.18. The maximum Gasteiger partial charge on any atom is 0.164 e. The van der Waals surface area contributed by atoms with Gasteiger partial charge in [-0.05, 0) is 36.6 Å². The van der Waals surface area contributed by atoms with E-state index in [0.717, 1.165) is 29.7 Å². The second kappa shape index (κ2) is 6.31. The number of nitrogens with zero attached hydrogens (tertiary/aromatic N) is 3. The largest absolute Gasteiger partial charge is 0.346 e.